The summed E-state index contributed by atoms with van der Waals surface area (Å²) in [5, 5.41) is 0. The van der Waals surface area contributed by atoms with E-state index in [1.807, 2.05) is 50.2 Å². The van der Waals surface area contributed by atoms with Crippen LogP contribution in [0, 0.1) is 12.7 Å². The lowest BCUT2D eigenvalue weighted by molar-refractivity contribution is 0.599. The summed E-state index contributed by atoms with van der Waals surface area (Å²) in [7, 11) is 3.96. The van der Waals surface area contributed by atoms with Crippen LogP contribution in [-0.2, 0) is 0 Å². The van der Waals surface area contributed by atoms with E-state index in [0.29, 0.717) is 5.56 Å². The highest BCUT2D eigenvalue weighted by atomic mass is 19.1. The van der Waals surface area contributed by atoms with Crippen LogP contribution in [0.1, 0.15) is 22.7 Å². The summed E-state index contributed by atoms with van der Waals surface area (Å²) in [6.45, 7) is 1.94. The van der Waals surface area contributed by atoms with Crippen molar-refractivity contribution in [3.8, 4) is 0 Å². The summed E-state index contributed by atoms with van der Waals surface area (Å²) < 4.78 is 13.8. The Morgan fingerprint density at radius 2 is 1.68 bits per heavy atom. The molecule has 1 unspecified atom stereocenters. The van der Waals surface area contributed by atoms with Crippen molar-refractivity contribution in [2.45, 2.75) is 13.0 Å². The van der Waals surface area contributed by atoms with Gasteiger partial charge >= 0.3 is 0 Å². The quantitative estimate of drug-likeness (QED) is 0.915. The first kappa shape index (κ1) is 13.6. The van der Waals surface area contributed by atoms with Crippen molar-refractivity contribution in [2.75, 3.05) is 19.0 Å². The van der Waals surface area contributed by atoms with Crippen LogP contribution in [0.15, 0.2) is 42.5 Å². The first-order valence-electron chi connectivity index (χ1n) is 6.28. The van der Waals surface area contributed by atoms with Gasteiger partial charge in [-0.25, -0.2) is 4.39 Å². The predicted molar refractivity (Wildman–Crippen MR) is 77.9 cm³/mol. The summed E-state index contributed by atoms with van der Waals surface area (Å²) in [5.74, 6) is -0.255. The van der Waals surface area contributed by atoms with Gasteiger partial charge in [-0.15, -0.1) is 0 Å². The third kappa shape index (κ3) is 2.93. The molecular formula is C16H19FN2. The van der Waals surface area contributed by atoms with Gasteiger partial charge in [0, 0.05) is 25.3 Å². The molecule has 0 saturated carbocycles. The summed E-state index contributed by atoms with van der Waals surface area (Å²) in [6.07, 6.45) is 0. The molecule has 2 aromatic rings. The first-order valence-corrected chi connectivity index (χ1v) is 6.28. The van der Waals surface area contributed by atoms with Gasteiger partial charge in [-0.2, -0.15) is 0 Å². The fourth-order valence-corrected chi connectivity index (χ4v) is 2.06. The molecular weight excluding hydrogens is 239 g/mol. The molecule has 2 rings (SSSR count). The molecule has 0 spiro atoms. The summed E-state index contributed by atoms with van der Waals surface area (Å²) >= 11 is 0. The zero-order valence-corrected chi connectivity index (χ0v) is 11.5. The summed E-state index contributed by atoms with van der Waals surface area (Å²) in [5.41, 5.74) is 9.72. The topological polar surface area (TPSA) is 29.3 Å². The van der Waals surface area contributed by atoms with E-state index in [4.69, 9.17) is 5.73 Å². The first-order chi connectivity index (χ1) is 8.99. The van der Waals surface area contributed by atoms with Crippen molar-refractivity contribution in [1.29, 1.82) is 0 Å². The SMILES string of the molecule is Cc1ccc(F)c(C(N)c2ccc(N(C)C)cc2)c1. The maximum atomic E-state index is 13.8. The van der Waals surface area contributed by atoms with Crippen LogP contribution in [0.4, 0.5) is 10.1 Å². The maximum absolute atomic E-state index is 13.8. The number of benzene rings is 2. The normalized spacial score (nSPS) is 12.3. The van der Waals surface area contributed by atoms with Gasteiger partial charge in [-0.1, -0.05) is 29.8 Å². The molecule has 1 atom stereocenters. The lowest BCUT2D eigenvalue weighted by Gasteiger charge is -2.17. The van der Waals surface area contributed by atoms with Gasteiger partial charge in [0.2, 0.25) is 0 Å². The van der Waals surface area contributed by atoms with Crippen molar-refractivity contribution in [3.05, 3.63) is 65.0 Å². The number of nitrogens with zero attached hydrogens (tertiary/aromatic N) is 1. The highest BCUT2D eigenvalue weighted by Gasteiger charge is 2.13. The largest absolute Gasteiger partial charge is 0.378 e. The number of anilines is 1. The molecule has 2 nitrogen and oxygen atoms in total. The molecule has 0 aliphatic heterocycles. The minimum Gasteiger partial charge on any atom is -0.378 e. The zero-order valence-electron chi connectivity index (χ0n) is 11.5. The minimum atomic E-state index is -0.434. The Hall–Kier alpha value is -1.87. The number of rotatable bonds is 3. The molecule has 0 amide bonds. The van der Waals surface area contributed by atoms with E-state index in [-0.39, 0.29) is 5.82 Å². The number of aryl methyl sites for hydroxylation is 1. The monoisotopic (exact) mass is 258 g/mol. The number of hydrogen-bond acceptors (Lipinski definition) is 2. The van der Waals surface area contributed by atoms with Crippen molar-refractivity contribution in [3.63, 3.8) is 0 Å². The second-order valence-electron chi connectivity index (χ2n) is 4.99. The third-order valence-corrected chi connectivity index (χ3v) is 3.26. The van der Waals surface area contributed by atoms with Gasteiger partial charge in [-0.05, 0) is 30.7 Å². The van der Waals surface area contributed by atoms with Crippen LogP contribution in [0.2, 0.25) is 0 Å². The second kappa shape index (κ2) is 5.41. The fourth-order valence-electron chi connectivity index (χ4n) is 2.06. The van der Waals surface area contributed by atoms with Gasteiger partial charge in [0.05, 0.1) is 6.04 Å². The van der Waals surface area contributed by atoms with Crippen molar-refractivity contribution in [2.24, 2.45) is 5.73 Å². The Kier molecular flexibility index (Phi) is 3.86. The Morgan fingerprint density at radius 3 is 2.26 bits per heavy atom. The lowest BCUT2D eigenvalue weighted by atomic mass is 9.97. The number of halogens is 1. The van der Waals surface area contributed by atoms with E-state index < -0.39 is 6.04 Å². The molecule has 0 heterocycles. The van der Waals surface area contributed by atoms with Crippen molar-refractivity contribution >= 4 is 5.69 Å². The molecule has 0 radical (unpaired) electrons. The van der Waals surface area contributed by atoms with Crippen LogP contribution in [0.25, 0.3) is 0 Å². The third-order valence-electron chi connectivity index (χ3n) is 3.26. The van der Waals surface area contributed by atoms with Gasteiger partial charge < -0.3 is 10.6 Å². The maximum Gasteiger partial charge on any atom is 0.128 e. The number of hydrogen-bond donors (Lipinski definition) is 1. The van der Waals surface area contributed by atoms with Crippen LogP contribution >= 0.6 is 0 Å². The fraction of sp³-hybridized carbons (Fsp3) is 0.250. The van der Waals surface area contributed by atoms with Gasteiger partial charge in [-0.3, -0.25) is 0 Å². The van der Waals surface area contributed by atoms with Crippen LogP contribution in [-0.4, -0.2) is 14.1 Å². The van der Waals surface area contributed by atoms with Crippen LogP contribution in [0.3, 0.4) is 0 Å². The molecule has 2 aromatic carbocycles. The molecule has 0 aromatic heterocycles. The van der Waals surface area contributed by atoms with Gasteiger partial charge in [0.1, 0.15) is 5.82 Å². The molecule has 0 fully saturated rings. The average molecular weight is 258 g/mol. The molecule has 3 heteroatoms. The van der Waals surface area contributed by atoms with Crippen LogP contribution in [0.5, 0.6) is 0 Å². The molecule has 0 aliphatic rings. The average Bonchev–Trinajstić information content (AvgIpc) is 2.41. The van der Waals surface area contributed by atoms with E-state index in [1.54, 1.807) is 12.1 Å². The van der Waals surface area contributed by atoms with Crippen molar-refractivity contribution < 1.29 is 4.39 Å². The second-order valence-corrected chi connectivity index (χ2v) is 4.99. The zero-order chi connectivity index (χ0) is 14.0. The predicted octanol–water partition coefficient (Wildman–Crippen LogP) is 3.25. The Labute approximate surface area is 113 Å². The summed E-state index contributed by atoms with van der Waals surface area (Å²) in [4.78, 5) is 2.02. The highest BCUT2D eigenvalue weighted by molar-refractivity contribution is 5.47. The Morgan fingerprint density at radius 1 is 1.05 bits per heavy atom. The van der Waals surface area contributed by atoms with Gasteiger partial charge in [0.15, 0.2) is 0 Å². The van der Waals surface area contributed by atoms with Crippen LogP contribution < -0.4 is 10.6 Å². The van der Waals surface area contributed by atoms with Gasteiger partial charge in [0.25, 0.3) is 0 Å². The van der Waals surface area contributed by atoms with E-state index >= 15 is 0 Å². The van der Waals surface area contributed by atoms with E-state index in [9.17, 15) is 4.39 Å². The summed E-state index contributed by atoms with van der Waals surface area (Å²) in [6, 6.07) is 12.5. The standard InChI is InChI=1S/C16H19FN2/c1-11-4-9-15(17)14(10-11)16(18)12-5-7-13(8-6-12)19(2)3/h4-10,16H,18H2,1-3H3. The smallest absolute Gasteiger partial charge is 0.128 e. The Bertz CT molecular complexity index is 561. The molecule has 100 valence electrons. The van der Waals surface area contributed by atoms with Crippen molar-refractivity contribution in [1.82, 2.24) is 0 Å². The molecule has 2 N–H and O–H groups in total. The Balaban J connectivity index is 2.33. The van der Waals surface area contributed by atoms with E-state index in [0.717, 1.165) is 16.8 Å². The lowest BCUT2D eigenvalue weighted by Crippen LogP contribution is -2.14. The molecule has 0 aliphatic carbocycles. The molecule has 19 heavy (non-hydrogen) atoms. The minimum absolute atomic E-state index is 0.255. The molecule has 0 saturated heterocycles. The van der Waals surface area contributed by atoms with E-state index in [1.165, 1.54) is 6.07 Å². The highest BCUT2D eigenvalue weighted by Crippen LogP contribution is 2.24. The number of nitrogens with two attached hydrogens (primary N) is 1. The molecule has 0 bridgehead atoms. The van der Waals surface area contributed by atoms with E-state index in [2.05, 4.69) is 0 Å².